The Kier molecular flexibility index (Phi) is 6.55. The van der Waals surface area contributed by atoms with E-state index in [1.807, 2.05) is 24.3 Å². The number of thiocarbonyl (C=S) groups is 1. The summed E-state index contributed by atoms with van der Waals surface area (Å²) in [5.74, 6) is -0.162. The second-order valence-corrected chi connectivity index (χ2v) is 7.80. The highest BCUT2D eigenvalue weighted by Crippen LogP contribution is 2.22. The van der Waals surface area contributed by atoms with Crippen LogP contribution >= 0.6 is 12.2 Å². The van der Waals surface area contributed by atoms with Gasteiger partial charge in [0.05, 0.1) is 0 Å². The molecular formula is C20H28N2OS. The maximum atomic E-state index is 12.2. The molecule has 0 radical (unpaired) electrons. The molecule has 0 atom stereocenters. The summed E-state index contributed by atoms with van der Waals surface area (Å²) in [5.41, 5.74) is 3.42. The lowest BCUT2D eigenvalue weighted by molar-refractivity contribution is 0.0976. The number of amides is 1. The van der Waals surface area contributed by atoms with Gasteiger partial charge >= 0.3 is 0 Å². The predicted octanol–water partition coefficient (Wildman–Crippen LogP) is 4.48. The van der Waals surface area contributed by atoms with Gasteiger partial charge in [0.15, 0.2) is 5.11 Å². The first kappa shape index (κ1) is 18.7. The standard InChI is InChI=1S/C20H28N2OS/c1-20(2,3)17-11-9-16(10-12-17)18(23)22-19(24)21-14-13-15-7-5-4-6-8-15/h7,9-12H,4-6,8,13-14H2,1-3H3,(H2,21,22,23,24). The van der Waals surface area contributed by atoms with Gasteiger partial charge in [-0.25, -0.2) is 0 Å². The van der Waals surface area contributed by atoms with Crippen LogP contribution in [0.5, 0.6) is 0 Å². The van der Waals surface area contributed by atoms with Gasteiger partial charge < -0.3 is 5.32 Å². The average Bonchev–Trinajstić information content (AvgIpc) is 2.55. The van der Waals surface area contributed by atoms with Gasteiger partial charge in [-0.1, -0.05) is 44.6 Å². The summed E-state index contributed by atoms with van der Waals surface area (Å²) in [6.07, 6.45) is 8.32. The number of rotatable bonds is 4. The fraction of sp³-hybridized carbons (Fsp3) is 0.500. The Morgan fingerprint density at radius 3 is 2.46 bits per heavy atom. The second-order valence-electron chi connectivity index (χ2n) is 7.40. The SMILES string of the molecule is CC(C)(C)c1ccc(C(=O)NC(=S)NCCC2=CCCCC2)cc1. The maximum absolute atomic E-state index is 12.2. The first-order valence-corrected chi connectivity index (χ1v) is 9.15. The number of carbonyl (C=O) groups excluding carboxylic acids is 1. The molecule has 4 heteroatoms. The molecule has 3 nitrogen and oxygen atoms in total. The molecule has 0 aliphatic heterocycles. The van der Waals surface area contributed by atoms with Gasteiger partial charge in [-0.3, -0.25) is 10.1 Å². The van der Waals surface area contributed by atoms with E-state index in [4.69, 9.17) is 12.2 Å². The molecule has 0 saturated carbocycles. The van der Waals surface area contributed by atoms with Crippen LogP contribution in [0.15, 0.2) is 35.9 Å². The molecule has 1 aliphatic rings. The normalized spacial score (nSPS) is 14.7. The van der Waals surface area contributed by atoms with E-state index in [2.05, 4.69) is 37.5 Å². The lowest BCUT2D eigenvalue weighted by atomic mass is 9.87. The number of carbonyl (C=O) groups is 1. The van der Waals surface area contributed by atoms with E-state index >= 15 is 0 Å². The highest BCUT2D eigenvalue weighted by Gasteiger charge is 2.14. The number of nitrogens with one attached hydrogen (secondary N) is 2. The van der Waals surface area contributed by atoms with Crippen LogP contribution in [0.1, 0.15) is 68.8 Å². The van der Waals surface area contributed by atoms with Crippen LogP contribution in [0.3, 0.4) is 0 Å². The fourth-order valence-corrected chi connectivity index (χ4v) is 3.00. The Balaban J connectivity index is 1.78. The first-order valence-electron chi connectivity index (χ1n) is 8.74. The highest BCUT2D eigenvalue weighted by molar-refractivity contribution is 7.80. The third-order valence-electron chi connectivity index (χ3n) is 4.36. The molecule has 0 saturated heterocycles. The van der Waals surface area contributed by atoms with Crippen molar-refractivity contribution >= 4 is 23.2 Å². The van der Waals surface area contributed by atoms with Gasteiger partial charge in [-0.15, -0.1) is 0 Å². The fourth-order valence-electron chi connectivity index (χ4n) is 2.81. The molecular weight excluding hydrogens is 316 g/mol. The number of benzene rings is 1. The highest BCUT2D eigenvalue weighted by atomic mass is 32.1. The topological polar surface area (TPSA) is 41.1 Å². The maximum Gasteiger partial charge on any atom is 0.257 e. The minimum atomic E-state index is -0.162. The Labute approximate surface area is 150 Å². The van der Waals surface area contributed by atoms with E-state index in [1.165, 1.54) is 36.8 Å². The van der Waals surface area contributed by atoms with Crippen molar-refractivity contribution in [2.75, 3.05) is 6.54 Å². The molecule has 1 amide bonds. The monoisotopic (exact) mass is 344 g/mol. The van der Waals surface area contributed by atoms with E-state index in [1.54, 1.807) is 0 Å². The summed E-state index contributed by atoms with van der Waals surface area (Å²) in [7, 11) is 0. The van der Waals surface area contributed by atoms with E-state index in [0.717, 1.165) is 13.0 Å². The molecule has 1 aromatic carbocycles. The van der Waals surface area contributed by atoms with E-state index in [9.17, 15) is 4.79 Å². The summed E-state index contributed by atoms with van der Waals surface area (Å²) in [6.45, 7) is 7.24. The summed E-state index contributed by atoms with van der Waals surface area (Å²) < 4.78 is 0. The molecule has 2 N–H and O–H groups in total. The zero-order chi connectivity index (χ0) is 17.6. The predicted molar refractivity (Wildman–Crippen MR) is 104 cm³/mol. The third-order valence-corrected chi connectivity index (χ3v) is 4.60. The molecule has 1 aliphatic carbocycles. The van der Waals surface area contributed by atoms with Crippen LogP contribution < -0.4 is 10.6 Å². The summed E-state index contributed by atoms with van der Waals surface area (Å²) >= 11 is 5.22. The van der Waals surface area contributed by atoms with Crippen molar-refractivity contribution in [3.63, 3.8) is 0 Å². The van der Waals surface area contributed by atoms with Gasteiger partial charge in [-0.2, -0.15) is 0 Å². The molecule has 2 rings (SSSR count). The van der Waals surface area contributed by atoms with E-state index < -0.39 is 0 Å². The van der Waals surface area contributed by atoms with Crippen LogP contribution in [-0.4, -0.2) is 17.6 Å². The van der Waals surface area contributed by atoms with E-state index in [0.29, 0.717) is 10.7 Å². The molecule has 0 heterocycles. The first-order chi connectivity index (χ1) is 11.4. The van der Waals surface area contributed by atoms with Gasteiger partial charge in [-0.05, 0) is 67.4 Å². The molecule has 1 aromatic rings. The summed E-state index contributed by atoms with van der Waals surface area (Å²) in [6, 6.07) is 7.71. The van der Waals surface area contributed by atoms with Crippen LogP contribution in [0.2, 0.25) is 0 Å². The third kappa shape index (κ3) is 5.75. The van der Waals surface area contributed by atoms with Gasteiger partial charge in [0.25, 0.3) is 5.91 Å². The summed E-state index contributed by atoms with van der Waals surface area (Å²) in [5, 5.41) is 6.28. The van der Waals surface area contributed by atoms with Crippen LogP contribution in [0.25, 0.3) is 0 Å². The lowest BCUT2D eigenvalue weighted by Crippen LogP contribution is -2.39. The summed E-state index contributed by atoms with van der Waals surface area (Å²) in [4.78, 5) is 12.2. The largest absolute Gasteiger partial charge is 0.362 e. The van der Waals surface area contributed by atoms with Crippen LogP contribution in [-0.2, 0) is 5.41 Å². The van der Waals surface area contributed by atoms with Gasteiger partial charge in [0, 0.05) is 12.1 Å². The number of allylic oxidation sites excluding steroid dienone is 1. The zero-order valence-corrected chi connectivity index (χ0v) is 15.8. The molecule has 0 aromatic heterocycles. The molecule has 24 heavy (non-hydrogen) atoms. The number of hydrogen-bond donors (Lipinski definition) is 2. The Morgan fingerprint density at radius 1 is 1.17 bits per heavy atom. The minimum Gasteiger partial charge on any atom is -0.362 e. The minimum absolute atomic E-state index is 0.0830. The van der Waals surface area contributed by atoms with Crippen LogP contribution in [0.4, 0.5) is 0 Å². The van der Waals surface area contributed by atoms with E-state index in [-0.39, 0.29) is 11.3 Å². The molecule has 0 bridgehead atoms. The molecule has 0 unspecified atom stereocenters. The quantitative estimate of drug-likeness (QED) is 0.625. The molecule has 130 valence electrons. The lowest BCUT2D eigenvalue weighted by Gasteiger charge is -2.19. The number of hydrogen-bond acceptors (Lipinski definition) is 2. The van der Waals surface area contributed by atoms with Gasteiger partial charge in [0.1, 0.15) is 0 Å². The smallest absolute Gasteiger partial charge is 0.257 e. The van der Waals surface area contributed by atoms with Crippen molar-refractivity contribution in [3.05, 3.63) is 47.0 Å². The van der Waals surface area contributed by atoms with Crippen molar-refractivity contribution < 1.29 is 4.79 Å². The Hall–Kier alpha value is -1.68. The Bertz CT molecular complexity index is 612. The van der Waals surface area contributed by atoms with Crippen molar-refractivity contribution in [1.29, 1.82) is 0 Å². The average molecular weight is 345 g/mol. The van der Waals surface area contributed by atoms with Crippen molar-refractivity contribution in [2.24, 2.45) is 0 Å². The van der Waals surface area contributed by atoms with Crippen molar-refractivity contribution in [3.8, 4) is 0 Å². The Morgan fingerprint density at radius 2 is 1.88 bits per heavy atom. The zero-order valence-electron chi connectivity index (χ0n) is 14.9. The second kappa shape index (κ2) is 8.43. The van der Waals surface area contributed by atoms with Gasteiger partial charge in [0.2, 0.25) is 0 Å². The molecule has 0 spiro atoms. The van der Waals surface area contributed by atoms with Crippen molar-refractivity contribution in [2.45, 2.75) is 58.3 Å². The molecule has 0 fully saturated rings. The van der Waals surface area contributed by atoms with Crippen molar-refractivity contribution in [1.82, 2.24) is 10.6 Å². The van der Waals surface area contributed by atoms with Crippen LogP contribution in [0, 0.1) is 0 Å².